The quantitative estimate of drug-likeness (QED) is 0.873. The lowest BCUT2D eigenvalue weighted by atomic mass is 9.98. The summed E-state index contributed by atoms with van der Waals surface area (Å²) in [5, 5.41) is 19.0. The van der Waals surface area contributed by atoms with Gasteiger partial charge in [-0.15, -0.1) is 0 Å². The zero-order valence-electron chi connectivity index (χ0n) is 10.2. The van der Waals surface area contributed by atoms with Crippen LogP contribution in [0.2, 0.25) is 0 Å². The van der Waals surface area contributed by atoms with Gasteiger partial charge in [-0.3, -0.25) is 0 Å². The molecule has 0 aliphatic rings. The minimum Gasteiger partial charge on any atom is -0.475 e. The number of rotatable bonds is 3. The maximum Gasteiger partial charge on any atom is 0.371 e. The van der Waals surface area contributed by atoms with E-state index < -0.39 is 12.1 Å². The SMILES string of the molecule is Cc1cccc(C(O)c2ccc(C(=O)O)o2)c1C. The van der Waals surface area contributed by atoms with Gasteiger partial charge in [-0.1, -0.05) is 18.2 Å². The minimum atomic E-state index is -1.14. The van der Waals surface area contributed by atoms with Gasteiger partial charge in [-0.25, -0.2) is 4.79 Å². The van der Waals surface area contributed by atoms with Crippen LogP contribution in [-0.4, -0.2) is 16.2 Å². The molecule has 0 amide bonds. The summed E-state index contributed by atoms with van der Waals surface area (Å²) in [6.07, 6.45) is -0.946. The molecule has 1 aromatic heterocycles. The zero-order valence-corrected chi connectivity index (χ0v) is 10.2. The number of aliphatic hydroxyl groups is 1. The molecule has 1 unspecified atom stereocenters. The van der Waals surface area contributed by atoms with E-state index >= 15 is 0 Å². The van der Waals surface area contributed by atoms with Crippen LogP contribution in [0.15, 0.2) is 34.7 Å². The second kappa shape index (κ2) is 4.66. The Hall–Kier alpha value is -2.07. The number of aromatic carboxylic acids is 1. The monoisotopic (exact) mass is 246 g/mol. The topological polar surface area (TPSA) is 70.7 Å². The fourth-order valence-electron chi connectivity index (χ4n) is 1.84. The van der Waals surface area contributed by atoms with Gasteiger partial charge in [0, 0.05) is 0 Å². The lowest BCUT2D eigenvalue weighted by molar-refractivity contribution is 0.0655. The van der Waals surface area contributed by atoms with E-state index in [0.29, 0.717) is 0 Å². The van der Waals surface area contributed by atoms with E-state index in [2.05, 4.69) is 0 Å². The van der Waals surface area contributed by atoms with Gasteiger partial charge in [-0.05, 0) is 42.7 Å². The number of furan rings is 1. The number of aryl methyl sites for hydroxylation is 1. The van der Waals surface area contributed by atoms with E-state index in [4.69, 9.17) is 9.52 Å². The molecule has 4 heteroatoms. The van der Waals surface area contributed by atoms with Crippen LogP contribution >= 0.6 is 0 Å². The molecule has 0 saturated carbocycles. The first-order chi connectivity index (χ1) is 8.50. The van der Waals surface area contributed by atoms with E-state index in [-0.39, 0.29) is 11.5 Å². The average Bonchev–Trinajstić information content (AvgIpc) is 2.81. The highest BCUT2D eigenvalue weighted by Gasteiger charge is 2.19. The van der Waals surface area contributed by atoms with E-state index in [1.807, 2.05) is 26.0 Å². The Morgan fingerprint density at radius 3 is 2.56 bits per heavy atom. The molecule has 0 radical (unpaired) electrons. The van der Waals surface area contributed by atoms with Crippen molar-refractivity contribution in [1.82, 2.24) is 0 Å². The highest BCUT2D eigenvalue weighted by Crippen LogP contribution is 2.27. The molecular formula is C14H14O4. The Bertz CT molecular complexity index is 583. The molecule has 0 bridgehead atoms. The zero-order chi connectivity index (χ0) is 13.3. The van der Waals surface area contributed by atoms with Crippen molar-refractivity contribution in [3.05, 3.63) is 58.5 Å². The summed E-state index contributed by atoms with van der Waals surface area (Å²) in [7, 11) is 0. The minimum absolute atomic E-state index is 0.172. The van der Waals surface area contributed by atoms with Crippen LogP contribution in [0.5, 0.6) is 0 Å². The number of aliphatic hydroxyl groups excluding tert-OH is 1. The van der Waals surface area contributed by atoms with Crippen LogP contribution in [0.25, 0.3) is 0 Å². The smallest absolute Gasteiger partial charge is 0.371 e. The number of hydrogen-bond donors (Lipinski definition) is 2. The molecule has 1 atom stereocenters. The van der Waals surface area contributed by atoms with Crippen LogP contribution in [0.3, 0.4) is 0 Å². The third-order valence-corrected chi connectivity index (χ3v) is 3.05. The molecule has 18 heavy (non-hydrogen) atoms. The summed E-state index contributed by atoms with van der Waals surface area (Å²) in [5.74, 6) is -1.08. The summed E-state index contributed by atoms with van der Waals surface area (Å²) in [6.45, 7) is 3.87. The fourth-order valence-corrected chi connectivity index (χ4v) is 1.84. The van der Waals surface area contributed by atoms with Crippen LogP contribution in [0.1, 0.15) is 39.1 Å². The van der Waals surface area contributed by atoms with E-state index in [9.17, 15) is 9.90 Å². The predicted octanol–water partition coefficient (Wildman–Crippen LogP) is 2.68. The van der Waals surface area contributed by atoms with E-state index in [1.165, 1.54) is 12.1 Å². The van der Waals surface area contributed by atoms with Crippen LogP contribution in [-0.2, 0) is 0 Å². The number of benzene rings is 1. The van der Waals surface area contributed by atoms with Gasteiger partial charge in [0.1, 0.15) is 11.9 Å². The van der Waals surface area contributed by atoms with Gasteiger partial charge in [0.05, 0.1) is 0 Å². The maximum absolute atomic E-state index is 10.7. The van der Waals surface area contributed by atoms with Gasteiger partial charge in [0.25, 0.3) is 0 Å². The van der Waals surface area contributed by atoms with Crippen molar-refractivity contribution in [3.63, 3.8) is 0 Å². The van der Waals surface area contributed by atoms with Crippen molar-refractivity contribution in [3.8, 4) is 0 Å². The Morgan fingerprint density at radius 1 is 1.22 bits per heavy atom. The van der Waals surface area contributed by atoms with Crippen molar-refractivity contribution >= 4 is 5.97 Å². The third kappa shape index (κ3) is 2.15. The number of carbonyl (C=O) groups is 1. The standard InChI is InChI=1S/C14H14O4/c1-8-4-3-5-10(9(8)2)13(15)11-6-7-12(18-11)14(16)17/h3-7,13,15H,1-2H3,(H,16,17). The Balaban J connectivity index is 2.38. The lowest BCUT2D eigenvalue weighted by Crippen LogP contribution is -2.02. The Labute approximate surface area is 104 Å². The van der Waals surface area contributed by atoms with Gasteiger partial charge >= 0.3 is 5.97 Å². The molecule has 0 spiro atoms. The number of hydrogen-bond acceptors (Lipinski definition) is 3. The molecule has 0 saturated heterocycles. The second-order valence-corrected chi connectivity index (χ2v) is 4.20. The first-order valence-corrected chi connectivity index (χ1v) is 5.58. The first kappa shape index (κ1) is 12.4. The summed E-state index contributed by atoms with van der Waals surface area (Å²) in [5.41, 5.74) is 2.76. The second-order valence-electron chi connectivity index (χ2n) is 4.20. The normalized spacial score (nSPS) is 12.4. The predicted molar refractivity (Wildman–Crippen MR) is 65.6 cm³/mol. The maximum atomic E-state index is 10.7. The summed E-state index contributed by atoms with van der Waals surface area (Å²) in [6, 6.07) is 8.43. The third-order valence-electron chi connectivity index (χ3n) is 3.05. The van der Waals surface area contributed by atoms with Crippen LogP contribution in [0.4, 0.5) is 0 Å². The Morgan fingerprint density at radius 2 is 1.94 bits per heavy atom. The lowest BCUT2D eigenvalue weighted by Gasteiger charge is -2.13. The molecule has 1 heterocycles. The summed E-state index contributed by atoms with van der Waals surface area (Å²) >= 11 is 0. The van der Waals surface area contributed by atoms with Crippen molar-refractivity contribution in [2.24, 2.45) is 0 Å². The van der Waals surface area contributed by atoms with Crippen LogP contribution in [0, 0.1) is 13.8 Å². The Kier molecular flexibility index (Phi) is 3.21. The van der Waals surface area contributed by atoms with Gasteiger partial charge in [0.2, 0.25) is 5.76 Å². The van der Waals surface area contributed by atoms with Crippen molar-refractivity contribution < 1.29 is 19.4 Å². The summed E-state index contributed by atoms with van der Waals surface area (Å²) < 4.78 is 5.11. The largest absolute Gasteiger partial charge is 0.475 e. The first-order valence-electron chi connectivity index (χ1n) is 5.58. The molecule has 0 aliphatic carbocycles. The van der Waals surface area contributed by atoms with Crippen LogP contribution < -0.4 is 0 Å². The van der Waals surface area contributed by atoms with Crippen molar-refractivity contribution in [1.29, 1.82) is 0 Å². The molecule has 2 rings (SSSR count). The van der Waals surface area contributed by atoms with Crippen molar-refractivity contribution in [2.45, 2.75) is 20.0 Å². The number of carboxylic acid groups (broad SMARTS) is 1. The van der Waals surface area contributed by atoms with Gasteiger partial charge in [-0.2, -0.15) is 0 Å². The molecule has 0 aliphatic heterocycles. The molecule has 94 valence electrons. The average molecular weight is 246 g/mol. The van der Waals surface area contributed by atoms with E-state index in [1.54, 1.807) is 6.07 Å². The number of carboxylic acids is 1. The molecule has 2 N–H and O–H groups in total. The molecular weight excluding hydrogens is 232 g/mol. The fraction of sp³-hybridized carbons (Fsp3) is 0.214. The highest BCUT2D eigenvalue weighted by atomic mass is 16.4. The highest BCUT2D eigenvalue weighted by molar-refractivity contribution is 5.84. The summed E-state index contributed by atoms with van der Waals surface area (Å²) in [4.78, 5) is 10.7. The van der Waals surface area contributed by atoms with Crippen molar-refractivity contribution in [2.75, 3.05) is 0 Å². The molecule has 1 aromatic carbocycles. The molecule has 2 aromatic rings. The molecule has 0 fully saturated rings. The van der Waals surface area contributed by atoms with Gasteiger partial charge < -0.3 is 14.6 Å². The van der Waals surface area contributed by atoms with E-state index in [0.717, 1.165) is 16.7 Å². The van der Waals surface area contributed by atoms with Gasteiger partial charge in [0.15, 0.2) is 0 Å². The molecule has 4 nitrogen and oxygen atoms in total.